The Kier molecular flexibility index (Phi) is 5.04. The topological polar surface area (TPSA) is 12.0 Å². The molecule has 1 aromatic carbocycles. The molecule has 0 radical (unpaired) electrons. The van der Waals surface area contributed by atoms with Gasteiger partial charge in [0.2, 0.25) is 0 Å². The molecule has 0 amide bonds. The third kappa shape index (κ3) is 3.82. The summed E-state index contributed by atoms with van der Waals surface area (Å²) in [6.07, 6.45) is 8.19. The Morgan fingerprint density at radius 3 is 2.32 bits per heavy atom. The highest BCUT2D eigenvalue weighted by Crippen LogP contribution is 2.39. The molecule has 1 heteroatoms. The highest BCUT2D eigenvalue weighted by Gasteiger charge is 2.34. The SMILES string of the molecule is CCNC(Cc1ccc(C)cc1)C1(C)CCCCC1. The van der Waals surface area contributed by atoms with Gasteiger partial charge in [-0.15, -0.1) is 0 Å². The van der Waals surface area contributed by atoms with Crippen molar-refractivity contribution < 1.29 is 0 Å². The minimum Gasteiger partial charge on any atom is -0.313 e. The molecule has 0 saturated heterocycles. The van der Waals surface area contributed by atoms with E-state index in [-0.39, 0.29) is 0 Å². The van der Waals surface area contributed by atoms with Crippen LogP contribution < -0.4 is 5.32 Å². The summed E-state index contributed by atoms with van der Waals surface area (Å²) in [5.41, 5.74) is 3.31. The van der Waals surface area contributed by atoms with E-state index in [0.717, 1.165) is 6.54 Å². The van der Waals surface area contributed by atoms with Gasteiger partial charge >= 0.3 is 0 Å². The number of nitrogens with one attached hydrogen (secondary N) is 1. The molecule has 2 rings (SSSR count). The number of hydrogen-bond acceptors (Lipinski definition) is 1. The molecule has 0 heterocycles. The summed E-state index contributed by atoms with van der Waals surface area (Å²) >= 11 is 0. The van der Waals surface area contributed by atoms with Gasteiger partial charge in [-0.2, -0.15) is 0 Å². The zero-order valence-corrected chi connectivity index (χ0v) is 12.8. The molecule has 1 unspecified atom stereocenters. The molecule has 1 atom stereocenters. The van der Waals surface area contributed by atoms with Gasteiger partial charge in [-0.3, -0.25) is 0 Å². The summed E-state index contributed by atoms with van der Waals surface area (Å²) in [5, 5.41) is 3.76. The maximum absolute atomic E-state index is 3.76. The van der Waals surface area contributed by atoms with Crippen molar-refractivity contribution >= 4 is 0 Å². The van der Waals surface area contributed by atoms with E-state index in [1.165, 1.54) is 49.7 Å². The molecule has 0 spiro atoms. The van der Waals surface area contributed by atoms with Crippen LogP contribution in [-0.4, -0.2) is 12.6 Å². The van der Waals surface area contributed by atoms with Crippen molar-refractivity contribution in [3.05, 3.63) is 35.4 Å². The van der Waals surface area contributed by atoms with Gasteiger partial charge in [-0.25, -0.2) is 0 Å². The quantitative estimate of drug-likeness (QED) is 0.821. The van der Waals surface area contributed by atoms with E-state index < -0.39 is 0 Å². The average molecular weight is 259 g/mol. The van der Waals surface area contributed by atoms with E-state index in [1.54, 1.807) is 0 Å². The molecule has 1 fully saturated rings. The first kappa shape index (κ1) is 14.6. The third-order valence-electron chi connectivity index (χ3n) is 4.85. The summed E-state index contributed by atoms with van der Waals surface area (Å²) in [4.78, 5) is 0. The van der Waals surface area contributed by atoms with E-state index in [4.69, 9.17) is 0 Å². The molecular weight excluding hydrogens is 230 g/mol. The van der Waals surface area contributed by atoms with Crippen LogP contribution in [0.15, 0.2) is 24.3 Å². The zero-order chi connectivity index (χ0) is 13.7. The Hall–Kier alpha value is -0.820. The van der Waals surface area contributed by atoms with E-state index in [1.807, 2.05) is 0 Å². The van der Waals surface area contributed by atoms with Gasteiger partial charge in [-0.05, 0) is 43.7 Å². The molecule has 1 nitrogen and oxygen atoms in total. The second-order valence-electron chi connectivity index (χ2n) is 6.51. The van der Waals surface area contributed by atoms with Crippen LogP contribution in [0.5, 0.6) is 0 Å². The lowest BCUT2D eigenvalue weighted by Crippen LogP contribution is -2.46. The molecule has 1 N–H and O–H groups in total. The van der Waals surface area contributed by atoms with Crippen LogP contribution in [-0.2, 0) is 6.42 Å². The van der Waals surface area contributed by atoms with Gasteiger partial charge in [0, 0.05) is 6.04 Å². The summed E-state index contributed by atoms with van der Waals surface area (Å²) in [5.74, 6) is 0. The van der Waals surface area contributed by atoms with Crippen LogP contribution in [0, 0.1) is 12.3 Å². The first-order valence-electron chi connectivity index (χ1n) is 7.93. The lowest BCUT2D eigenvalue weighted by atomic mass is 9.69. The Labute approximate surface area is 118 Å². The number of benzene rings is 1. The van der Waals surface area contributed by atoms with E-state index >= 15 is 0 Å². The summed E-state index contributed by atoms with van der Waals surface area (Å²) < 4.78 is 0. The van der Waals surface area contributed by atoms with Crippen LogP contribution in [0.2, 0.25) is 0 Å². The van der Waals surface area contributed by atoms with Crippen LogP contribution in [0.25, 0.3) is 0 Å². The van der Waals surface area contributed by atoms with E-state index in [2.05, 4.69) is 50.4 Å². The van der Waals surface area contributed by atoms with Gasteiger partial charge in [0.15, 0.2) is 0 Å². The van der Waals surface area contributed by atoms with Crippen LogP contribution in [0.4, 0.5) is 0 Å². The maximum Gasteiger partial charge on any atom is 0.0161 e. The predicted molar refractivity (Wildman–Crippen MR) is 83.5 cm³/mol. The molecule has 0 aromatic heterocycles. The molecule has 0 aliphatic heterocycles. The Morgan fingerprint density at radius 1 is 1.11 bits per heavy atom. The minimum atomic E-state index is 0.485. The second-order valence-corrected chi connectivity index (χ2v) is 6.51. The van der Waals surface area contributed by atoms with Gasteiger partial charge < -0.3 is 5.32 Å². The predicted octanol–water partition coefficient (Wildman–Crippen LogP) is 4.49. The van der Waals surface area contributed by atoms with Crippen molar-refractivity contribution in [3.8, 4) is 0 Å². The molecule has 106 valence electrons. The first-order valence-corrected chi connectivity index (χ1v) is 7.93. The van der Waals surface area contributed by atoms with Gasteiger partial charge in [-0.1, -0.05) is 62.9 Å². The first-order chi connectivity index (χ1) is 9.14. The number of likely N-dealkylation sites (N-methyl/N-ethyl adjacent to an activating group) is 1. The van der Waals surface area contributed by atoms with Crippen molar-refractivity contribution in [3.63, 3.8) is 0 Å². The lowest BCUT2D eigenvalue weighted by Gasteiger charge is -2.41. The fourth-order valence-corrected chi connectivity index (χ4v) is 3.48. The Morgan fingerprint density at radius 2 is 1.74 bits per heavy atom. The molecule has 19 heavy (non-hydrogen) atoms. The summed E-state index contributed by atoms with van der Waals surface area (Å²) in [6, 6.07) is 9.70. The minimum absolute atomic E-state index is 0.485. The molecular formula is C18H29N. The summed E-state index contributed by atoms with van der Waals surface area (Å²) in [7, 11) is 0. The normalized spacial score (nSPS) is 20.2. The third-order valence-corrected chi connectivity index (χ3v) is 4.85. The molecule has 1 aliphatic rings. The largest absolute Gasteiger partial charge is 0.313 e. The van der Waals surface area contributed by atoms with Crippen molar-refractivity contribution in [1.82, 2.24) is 5.32 Å². The van der Waals surface area contributed by atoms with Gasteiger partial charge in [0.1, 0.15) is 0 Å². The number of rotatable bonds is 5. The zero-order valence-electron chi connectivity index (χ0n) is 12.8. The fourth-order valence-electron chi connectivity index (χ4n) is 3.48. The Bertz CT molecular complexity index is 373. The van der Waals surface area contributed by atoms with Crippen molar-refractivity contribution in [2.75, 3.05) is 6.54 Å². The molecule has 0 bridgehead atoms. The van der Waals surface area contributed by atoms with Gasteiger partial charge in [0.25, 0.3) is 0 Å². The van der Waals surface area contributed by atoms with Crippen molar-refractivity contribution in [2.24, 2.45) is 5.41 Å². The average Bonchev–Trinajstić information content (AvgIpc) is 2.41. The molecule has 1 aliphatic carbocycles. The second kappa shape index (κ2) is 6.56. The highest BCUT2D eigenvalue weighted by molar-refractivity contribution is 5.22. The fraction of sp³-hybridized carbons (Fsp3) is 0.667. The van der Waals surface area contributed by atoms with Gasteiger partial charge in [0.05, 0.1) is 0 Å². The number of aryl methyl sites for hydroxylation is 1. The lowest BCUT2D eigenvalue weighted by molar-refractivity contribution is 0.145. The van der Waals surface area contributed by atoms with Crippen LogP contribution >= 0.6 is 0 Å². The smallest absolute Gasteiger partial charge is 0.0161 e. The standard InChI is InChI=1S/C18H29N/c1-4-19-17(18(3)12-6-5-7-13-18)14-16-10-8-15(2)9-11-16/h8-11,17,19H,4-7,12-14H2,1-3H3. The summed E-state index contributed by atoms with van der Waals surface area (Å²) in [6.45, 7) is 7.96. The van der Waals surface area contributed by atoms with Crippen molar-refractivity contribution in [1.29, 1.82) is 0 Å². The maximum atomic E-state index is 3.76. The van der Waals surface area contributed by atoms with Crippen molar-refractivity contribution in [2.45, 2.75) is 65.3 Å². The molecule has 1 aromatic rings. The molecule has 1 saturated carbocycles. The number of hydrogen-bond donors (Lipinski definition) is 1. The van der Waals surface area contributed by atoms with E-state index in [9.17, 15) is 0 Å². The monoisotopic (exact) mass is 259 g/mol. The van der Waals surface area contributed by atoms with Crippen LogP contribution in [0.3, 0.4) is 0 Å². The highest BCUT2D eigenvalue weighted by atomic mass is 14.9. The van der Waals surface area contributed by atoms with E-state index in [0.29, 0.717) is 11.5 Å². The Balaban J connectivity index is 2.08. The van der Waals surface area contributed by atoms with Crippen LogP contribution in [0.1, 0.15) is 57.1 Å².